The molecule has 1 aromatic rings. The van der Waals surface area contributed by atoms with Gasteiger partial charge in [-0.3, -0.25) is 0 Å². The Kier molecular flexibility index (Phi) is 11.0. The maximum Gasteiger partial charge on any atom is 0.407 e. The molecular formula is C13H21ClN2O3. The Labute approximate surface area is 119 Å². The highest BCUT2D eigenvalue weighted by atomic mass is 35.5. The fourth-order valence-electron chi connectivity index (χ4n) is 1.45. The molecule has 6 heteroatoms. The molecule has 0 aromatic heterocycles. The summed E-state index contributed by atoms with van der Waals surface area (Å²) in [4.78, 5) is 15.8. The number of ether oxygens (including phenoxy) is 1. The Morgan fingerprint density at radius 2 is 1.89 bits per heavy atom. The van der Waals surface area contributed by atoms with Crippen molar-refractivity contribution in [3.8, 4) is 0 Å². The van der Waals surface area contributed by atoms with Crippen molar-refractivity contribution in [1.29, 1.82) is 0 Å². The van der Waals surface area contributed by atoms with Crippen LogP contribution in [0.3, 0.4) is 0 Å². The molecule has 0 atom stereocenters. The Hall–Kier alpha value is -1.30. The molecule has 0 fully saturated rings. The zero-order valence-electron chi connectivity index (χ0n) is 10.8. The predicted octanol–water partition coefficient (Wildman–Crippen LogP) is 2.40. The summed E-state index contributed by atoms with van der Waals surface area (Å²) in [7, 11) is 0. The van der Waals surface area contributed by atoms with Crippen molar-refractivity contribution in [3.05, 3.63) is 35.9 Å². The van der Waals surface area contributed by atoms with Gasteiger partial charge in [-0.2, -0.15) is 0 Å². The lowest BCUT2D eigenvalue weighted by Crippen LogP contribution is -2.25. The van der Waals surface area contributed by atoms with Gasteiger partial charge in [-0.15, -0.1) is 12.4 Å². The number of rotatable bonds is 8. The molecule has 0 spiro atoms. The van der Waals surface area contributed by atoms with Gasteiger partial charge in [0.05, 0.1) is 6.61 Å². The summed E-state index contributed by atoms with van der Waals surface area (Å²) in [5.74, 6) is 4.90. The summed E-state index contributed by atoms with van der Waals surface area (Å²) < 4.78 is 5.06. The van der Waals surface area contributed by atoms with Crippen molar-refractivity contribution >= 4 is 18.5 Å². The minimum absolute atomic E-state index is 0. The Balaban J connectivity index is 0.00000324. The summed E-state index contributed by atoms with van der Waals surface area (Å²) in [5, 5.41) is 2.70. The Morgan fingerprint density at radius 3 is 2.58 bits per heavy atom. The van der Waals surface area contributed by atoms with Gasteiger partial charge in [-0.05, 0) is 24.8 Å². The fraction of sp³-hybridized carbons (Fsp3) is 0.462. The number of carbonyl (C=O) groups excluding carboxylic acids is 1. The number of alkyl carbamates (subject to hydrolysis) is 1. The lowest BCUT2D eigenvalue weighted by Gasteiger charge is -2.06. The van der Waals surface area contributed by atoms with Crippen LogP contribution in [0, 0.1) is 0 Å². The van der Waals surface area contributed by atoms with Gasteiger partial charge in [0.2, 0.25) is 0 Å². The average molecular weight is 289 g/mol. The molecule has 19 heavy (non-hydrogen) atoms. The molecule has 1 rings (SSSR count). The topological polar surface area (TPSA) is 73.6 Å². The van der Waals surface area contributed by atoms with Crippen LogP contribution in [0.15, 0.2) is 30.3 Å². The Morgan fingerprint density at radius 1 is 1.16 bits per heavy atom. The minimum Gasteiger partial charge on any atom is -0.445 e. The molecule has 0 radical (unpaired) electrons. The van der Waals surface area contributed by atoms with Crippen LogP contribution in [0.4, 0.5) is 4.79 Å². The molecule has 0 saturated heterocycles. The van der Waals surface area contributed by atoms with E-state index in [4.69, 9.17) is 10.6 Å². The Bertz CT molecular complexity index is 336. The normalized spacial score (nSPS) is 9.53. The quantitative estimate of drug-likeness (QED) is 0.569. The monoisotopic (exact) mass is 288 g/mol. The SMILES string of the molecule is Cl.NOCCCCCNC(=O)OCc1ccccc1. The highest BCUT2D eigenvalue weighted by Gasteiger charge is 2.01. The smallest absolute Gasteiger partial charge is 0.407 e. The zero-order chi connectivity index (χ0) is 13.1. The van der Waals surface area contributed by atoms with E-state index in [2.05, 4.69) is 10.2 Å². The van der Waals surface area contributed by atoms with E-state index in [1.54, 1.807) is 0 Å². The van der Waals surface area contributed by atoms with E-state index in [-0.39, 0.29) is 18.5 Å². The number of carbonyl (C=O) groups is 1. The molecule has 0 aliphatic heterocycles. The number of unbranched alkanes of at least 4 members (excludes halogenated alkanes) is 2. The minimum atomic E-state index is -0.381. The van der Waals surface area contributed by atoms with Crippen molar-refractivity contribution < 1.29 is 14.4 Å². The van der Waals surface area contributed by atoms with E-state index in [0.717, 1.165) is 24.8 Å². The van der Waals surface area contributed by atoms with Gasteiger partial charge in [0.15, 0.2) is 0 Å². The van der Waals surface area contributed by atoms with E-state index in [1.165, 1.54) is 0 Å². The van der Waals surface area contributed by atoms with Crippen LogP contribution < -0.4 is 11.2 Å². The predicted molar refractivity (Wildman–Crippen MR) is 75.9 cm³/mol. The van der Waals surface area contributed by atoms with E-state index in [0.29, 0.717) is 19.8 Å². The molecule has 0 bridgehead atoms. The number of nitrogens with two attached hydrogens (primary N) is 1. The lowest BCUT2D eigenvalue weighted by atomic mass is 10.2. The number of benzene rings is 1. The second kappa shape index (κ2) is 11.8. The molecule has 0 aliphatic carbocycles. The molecule has 0 aliphatic rings. The first kappa shape index (κ1) is 17.7. The van der Waals surface area contributed by atoms with Crippen LogP contribution in [0.2, 0.25) is 0 Å². The molecule has 0 unspecified atom stereocenters. The van der Waals surface area contributed by atoms with Crippen molar-refractivity contribution in [3.63, 3.8) is 0 Å². The van der Waals surface area contributed by atoms with Crippen LogP contribution in [-0.4, -0.2) is 19.2 Å². The first-order chi connectivity index (χ1) is 8.83. The van der Waals surface area contributed by atoms with Gasteiger partial charge < -0.3 is 14.9 Å². The summed E-state index contributed by atoms with van der Waals surface area (Å²) in [6, 6.07) is 9.58. The first-order valence-electron chi connectivity index (χ1n) is 6.09. The van der Waals surface area contributed by atoms with Crippen molar-refractivity contribution in [1.82, 2.24) is 5.32 Å². The largest absolute Gasteiger partial charge is 0.445 e. The molecule has 0 saturated carbocycles. The summed E-state index contributed by atoms with van der Waals surface area (Å²) in [5.41, 5.74) is 0.979. The zero-order valence-corrected chi connectivity index (χ0v) is 11.7. The summed E-state index contributed by atoms with van der Waals surface area (Å²) in [6.45, 7) is 1.46. The molecule has 1 aromatic carbocycles. The van der Waals surface area contributed by atoms with Gasteiger partial charge in [0, 0.05) is 6.54 Å². The second-order valence-corrected chi connectivity index (χ2v) is 3.92. The highest BCUT2D eigenvalue weighted by Crippen LogP contribution is 2.00. The van der Waals surface area contributed by atoms with E-state index in [9.17, 15) is 4.79 Å². The van der Waals surface area contributed by atoms with Gasteiger partial charge in [0.1, 0.15) is 6.61 Å². The van der Waals surface area contributed by atoms with Crippen molar-refractivity contribution in [2.75, 3.05) is 13.2 Å². The third-order valence-electron chi connectivity index (χ3n) is 2.42. The van der Waals surface area contributed by atoms with E-state index in [1.807, 2.05) is 30.3 Å². The number of hydrogen-bond acceptors (Lipinski definition) is 4. The number of nitrogens with one attached hydrogen (secondary N) is 1. The summed E-state index contributed by atoms with van der Waals surface area (Å²) in [6.07, 6.45) is 2.38. The third-order valence-corrected chi connectivity index (χ3v) is 2.42. The average Bonchev–Trinajstić information content (AvgIpc) is 2.41. The van der Waals surface area contributed by atoms with Crippen LogP contribution in [0.5, 0.6) is 0 Å². The molecule has 0 heterocycles. The van der Waals surface area contributed by atoms with E-state index < -0.39 is 0 Å². The molecule has 3 N–H and O–H groups in total. The second-order valence-electron chi connectivity index (χ2n) is 3.92. The lowest BCUT2D eigenvalue weighted by molar-refractivity contribution is 0.132. The van der Waals surface area contributed by atoms with E-state index >= 15 is 0 Å². The number of amides is 1. The van der Waals surface area contributed by atoms with Crippen LogP contribution >= 0.6 is 12.4 Å². The van der Waals surface area contributed by atoms with Crippen molar-refractivity contribution in [2.45, 2.75) is 25.9 Å². The van der Waals surface area contributed by atoms with Gasteiger partial charge in [-0.1, -0.05) is 30.3 Å². The van der Waals surface area contributed by atoms with Gasteiger partial charge >= 0.3 is 6.09 Å². The van der Waals surface area contributed by atoms with Gasteiger partial charge in [-0.25, -0.2) is 10.7 Å². The van der Waals surface area contributed by atoms with Crippen LogP contribution in [-0.2, 0) is 16.2 Å². The fourth-order valence-corrected chi connectivity index (χ4v) is 1.45. The highest BCUT2D eigenvalue weighted by molar-refractivity contribution is 5.85. The van der Waals surface area contributed by atoms with Crippen molar-refractivity contribution in [2.24, 2.45) is 5.90 Å². The molecular weight excluding hydrogens is 268 g/mol. The molecule has 5 nitrogen and oxygen atoms in total. The summed E-state index contributed by atoms with van der Waals surface area (Å²) >= 11 is 0. The van der Waals surface area contributed by atoms with Crippen LogP contribution in [0.25, 0.3) is 0 Å². The maximum absolute atomic E-state index is 11.3. The van der Waals surface area contributed by atoms with Crippen LogP contribution in [0.1, 0.15) is 24.8 Å². The number of hydrogen-bond donors (Lipinski definition) is 2. The standard InChI is InChI=1S/C13H20N2O3.ClH/c14-18-10-6-2-5-9-15-13(16)17-11-12-7-3-1-4-8-12;/h1,3-4,7-8H,2,5-6,9-11,14H2,(H,15,16);1H. The third kappa shape index (κ3) is 9.30. The maximum atomic E-state index is 11.3. The number of halogens is 1. The molecule has 1 amide bonds. The molecule has 108 valence electrons. The first-order valence-corrected chi connectivity index (χ1v) is 6.09. The van der Waals surface area contributed by atoms with Gasteiger partial charge in [0.25, 0.3) is 0 Å².